The topological polar surface area (TPSA) is 98.2 Å². The maximum Gasteiger partial charge on any atom is 0.288 e. The molecular weight excluding hydrogens is 278 g/mol. The van der Waals surface area contributed by atoms with Crippen molar-refractivity contribution in [2.45, 2.75) is 36.3 Å². The molecule has 1 fully saturated rings. The number of nitrogens with two attached hydrogens (primary N) is 1. The number of carbonyl (C=O) groups is 1. The molecule has 3 rings (SSSR count). The first-order valence-electron chi connectivity index (χ1n) is 6.41. The molecule has 0 saturated heterocycles. The van der Waals surface area contributed by atoms with Gasteiger partial charge in [-0.1, -0.05) is 0 Å². The predicted molar refractivity (Wildman–Crippen MR) is 75.5 cm³/mol. The highest BCUT2D eigenvalue weighted by atomic mass is 32.2. The summed E-state index contributed by atoms with van der Waals surface area (Å²) in [5, 5.41) is 2.19. The van der Waals surface area contributed by atoms with Gasteiger partial charge in [-0.05, 0) is 38.0 Å². The van der Waals surface area contributed by atoms with Crippen LogP contribution in [0.2, 0.25) is 0 Å². The Labute approximate surface area is 118 Å². The first-order chi connectivity index (χ1) is 9.54. The van der Waals surface area contributed by atoms with E-state index in [1.165, 1.54) is 0 Å². The number of amides is 1. The van der Waals surface area contributed by atoms with Crippen molar-refractivity contribution < 1.29 is 13.4 Å². The minimum absolute atomic E-state index is 0.0593. The van der Waals surface area contributed by atoms with Crippen LogP contribution in [0.15, 0.2) is 27.8 Å². The van der Waals surface area contributed by atoms with Gasteiger partial charge in [-0.15, -0.1) is 0 Å². The number of hydrogen-bond acceptors (Lipinski definition) is 5. The molecule has 0 radical (unpaired) electrons. The highest BCUT2D eigenvalue weighted by molar-refractivity contribution is 7.86. The van der Waals surface area contributed by atoms with E-state index in [1.54, 1.807) is 25.1 Å². The summed E-state index contributed by atoms with van der Waals surface area (Å²) in [6, 6.07) is 5.25. The zero-order valence-electron chi connectivity index (χ0n) is 11.0. The second kappa shape index (κ2) is 4.90. The highest BCUT2D eigenvalue weighted by Gasteiger charge is 2.30. The summed E-state index contributed by atoms with van der Waals surface area (Å²) in [7, 11) is -1.62. The van der Waals surface area contributed by atoms with Gasteiger partial charge in [0.25, 0.3) is 5.22 Å². The van der Waals surface area contributed by atoms with Crippen molar-refractivity contribution >= 4 is 33.5 Å². The molecule has 7 heteroatoms. The van der Waals surface area contributed by atoms with Gasteiger partial charge in [-0.3, -0.25) is 4.79 Å². The number of aromatic nitrogens is 1. The molecule has 1 heterocycles. The summed E-state index contributed by atoms with van der Waals surface area (Å²) >= 11 is 0. The van der Waals surface area contributed by atoms with Crippen LogP contribution in [0, 0.1) is 0 Å². The number of rotatable bonds is 4. The van der Waals surface area contributed by atoms with E-state index < -0.39 is 16.0 Å². The van der Waals surface area contributed by atoms with Crippen LogP contribution < -0.4 is 11.1 Å². The maximum atomic E-state index is 12.3. The third-order valence-electron chi connectivity index (χ3n) is 3.18. The molecule has 106 valence electrons. The van der Waals surface area contributed by atoms with Crippen LogP contribution in [-0.2, 0) is 15.6 Å². The normalized spacial score (nSPS) is 17.9. The second-order valence-electron chi connectivity index (χ2n) is 4.93. The Morgan fingerprint density at radius 1 is 1.55 bits per heavy atom. The molecule has 2 atom stereocenters. The summed E-state index contributed by atoms with van der Waals surface area (Å²) in [5.74, 6) is -0.229. The largest absolute Gasteiger partial charge is 0.430 e. The summed E-state index contributed by atoms with van der Waals surface area (Å²) in [6.45, 7) is 1.61. The second-order valence-corrected chi connectivity index (χ2v) is 6.58. The Kier molecular flexibility index (Phi) is 3.21. The van der Waals surface area contributed by atoms with Gasteiger partial charge < -0.3 is 15.5 Å². The molecule has 2 unspecified atom stereocenters. The lowest BCUT2D eigenvalue weighted by Gasteiger charge is -2.08. The molecule has 1 saturated carbocycles. The number of hydrogen-bond donors (Lipinski definition) is 2. The van der Waals surface area contributed by atoms with Crippen molar-refractivity contribution in [3.8, 4) is 0 Å². The van der Waals surface area contributed by atoms with Crippen molar-refractivity contribution in [3.05, 3.63) is 18.2 Å². The summed E-state index contributed by atoms with van der Waals surface area (Å²) in [4.78, 5) is 16.0. The Morgan fingerprint density at radius 3 is 3.00 bits per heavy atom. The van der Waals surface area contributed by atoms with E-state index in [0.29, 0.717) is 16.8 Å². The average molecular weight is 293 g/mol. The number of nitrogens with zero attached hydrogens (tertiary/aromatic N) is 1. The van der Waals surface area contributed by atoms with Crippen molar-refractivity contribution in [1.82, 2.24) is 10.3 Å². The number of nitrogens with one attached hydrogen (secondary N) is 1. The molecule has 6 nitrogen and oxygen atoms in total. The molecule has 3 N–H and O–H groups in total. The van der Waals surface area contributed by atoms with Crippen molar-refractivity contribution in [2.75, 3.05) is 5.73 Å². The molecule has 0 bridgehead atoms. The molecule has 1 aliphatic rings. The molecule has 1 aromatic heterocycles. The van der Waals surface area contributed by atoms with Crippen LogP contribution in [-0.4, -0.2) is 26.4 Å². The summed E-state index contributed by atoms with van der Waals surface area (Å²) in [5.41, 5.74) is 7.27. The monoisotopic (exact) mass is 293 g/mol. The molecule has 2 aromatic rings. The predicted octanol–water partition coefficient (Wildman–Crippen LogP) is 1.18. The molecule has 20 heavy (non-hydrogen) atoms. The fourth-order valence-electron chi connectivity index (χ4n) is 1.80. The minimum atomic E-state index is -1.62. The number of carbonyl (C=O) groups excluding carboxylic acids is 1. The number of anilines is 1. The smallest absolute Gasteiger partial charge is 0.288 e. The van der Waals surface area contributed by atoms with E-state index >= 15 is 0 Å². The van der Waals surface area contributed by atoms with Crippen LogP contribution in [0.3, 0.4) is 0 Å². The SMILES string of the molecule is CC(C(=O)NC1CC1)S(=O)c1nc2cc(N)ccc2o1. The van der Waals surface area contributed by atoms with E-state index in [0.717, 1.165) is 12.8 Å². The van der Waals surface area contributed by atoms with Crippen molar-refractivity contribution in [3.63, 3.8) is 0 Å². The quantitative estimate of drug-likeness (QED) is 0.825. The lowest BCUT2D eigenvalue weighted by atomic mass is 10.3. The van der Waals surface area contributed by atoms with E-state index in [1.807, 2.05) is 0 Å². The first kappa shape index (κ1) is 13.1. The zero-order chi connectivity index (χ0) is 14.3. The Balaban J connectivity index is 1.81. The lowest BCUT2D eigenvalue weighted by Crippen LogP contribution is -2.36. The Bertz CT molecular complexity index is 693. The molecule has 1 aliphatic carbocycles. The summed E-state index contributed by atoms with van der Waals surface area (Å²) < 4.78 is 17.7. The van der Waals surface area contributed by atoms with Crippen molar-refractivity contribution in [1.29, 1.82) is 0 Å². The number of benzene rings is 1. The third-order valence-corrected chi connectivity index (χ3v) is 4.55. The van der Waals surface area contributed by atoms with E-state index in [4.69, 9.17) is 10.2 Å². The zero-order valence-corrected chi connectivity index (χ0v) is 11.8. The number of oxazole rings is 1. The van der Waals surface area contributed by atoms with Gasteiger partial charge >= 0.3 is 0 Å². The molecule has 0 aliphatic heterocycles. The molecule has 1 aromatic carbocycles. The van der Waals surface area contributed by atoms with E-state index in [2.05, 4.69) is 10.3 Å². The molecule has 1 amide bonds. The van der Waals surface area contributed by atoms with Gasteiger partial charge in [0.2, 0.25) is 5.91 Å². The van der Waals surface area contributed by atoms with Gasteiger partial charge in [0.05, 0.1) is 0 Å². The first-order valence-corrected chi connectivity index (χ1v) is 7.63. The molecule has 0 spiro atoms. The van der Waals surface area contributed by atoms with Gasteiger partial charge in [-0.2, -0.15) is 0 Å². The van der Waals surface area contributed by atoms with Crippen LogP contribution in [0.1, 0.15) is 19.8 Å². The maximum absolute atomic E-state index is 12.3. The van der Waals surface area contributed by atoms with Crippen LogP contribution in [0.4, 0.5) is 5.69 Å². The Morgan fingerprint density at radius 2 is 2.30 bits per heavy atom. The van der Waals surface area contributed by atoms with Gasteiger partial charge in [0.1, 0.15) is 21.6 Å². The fourth-order valence-corrected chi connectivity index (χ4v) is 2.73. The molecular formula is C13H15N3O3S. The summed E-state index contributed by atoms with van der Waals surface area (Å²) in [6.07, 6.45) is 1.99. The fraction of sp³-hybridized carbons (Fsp3) is 0.385. The van der Waals surface area contributed by atoms with Crippen LogP contribution in [0.25, 0.3) is 11.1 Å². The number of fused-ring (bicyclic) bond motifs is 1. The average Bonchev–Trinajstić information content (AvgIpc) is 3.13. The van der Waals surface area contributed by atoms with Crippen LogP contribution >= 0.6 is 0 Å². The third kappa shape index (κ3) is 2.53. The van der Waals surface area contributed by atoms with Crippen LogP contribution in [0.5, 0.6) is 0 Å². The van der Waals surface area contributed by atoms with Crippen molar-refractivity contribution in [2.24, 2.45) is 0 Å². The highest BCUT2D eigenvalue weighted by Crippen LogP contribution is 2.23. The van der Waals surface area contributed by atoms with Gasteiger partial charge in [0.15, 0.2) is 5.58 Å². The Hall–Kier alpha value is -1.89. The van der Waals surface area contributed by atoms with Gasteiger partial charge in [-0.25, -0.2) is 9.19 Å². The number of nitrogen functional groups attached to an aromatic ring is 1. The lowest BCUT2D eigenvalue weighted by molar-refractivity contribution is -0.120. The van der Waals surface area contributed by atoms with E-state index in [9.17, 15) is 9.00 Å². The standard InChI is InChI=1S/C13H15N3O3S/c1-7(12(17)15-9-3-4-9)20(18)13-16-10-6-8(14)2-5-11(10)19-13/h2,5-7,9H,3-4,14H2,1H3,(H,15,17). The minimum Gasteiger partial charge on any atom is -0.430 e. The van der Waals surface area contributed by atoms with E-state index in [-0.39, 0.29) is 17.2 Å². The van der Waals surface area contributed by atoms with Gasteiger partial charge in [0, 0.05) is 11.7 Å².